The number of rotatable bonds is 4. The highest BCUT2D eigenvalue weighted by Gasteiger charge is 2.21. The second-order valence-corrected chi connectivity index (χ2v) is 17.8. The molecule has 0 amide bonds. The van der Waals surface area contributed by atoms with Crippen molar-refractivity contribution < 1.29 is 0 Å². The Morgan fingerprint density at radius 3 is 1.03 bits per heavy atom. The van der Waals surface area contributed by atoms with Crippen molar-refractivity contribution in [2.45, 2.75) is 6.92 Å². The Labute approximate surface area is 363 Å². The lowest BCUT2D eigenvalue weighted by Crippen LogP contribution is -1.91. The third-order valence-corrected chi connectivity index (χ3v) is 14.6. The third-order valence-electron chi connectivity index (χ3n) is 13.3. The van der Waals surface area contributed by atoms with E-state index in [-0.39, 0.29) is 0 Å². The summed E-state index contributed by atoms with van der Waals surface area (Å²) in [5.41, 5.74) is 11.5. The van der Waals surface area contributed by atoms with E-state index in [1.54, 1.807) is 0 Å². The van der Waals surface area contributed by atoms with Crippen LogP contribution in [0, 0.1) is 6.92 Å². The highest BCUT2D eigenvalue weighted by atomic mass is 32.1. The number of aryl methyl sites for hydroxylation is 1. The molecule has 0 nitrogen and oxygen atoms in total. The average Bonchev–Trinajstić information content (AvgIpc) is 3.70. The molecule has 0 N–H and O–H groups in total. The molecule has 13 aromatic rings. The standard InChI is InChI=1S/C61H38S/c1-37-32-45(60-52-24-12-10-22-50(52)58(51-23-11-13-25-53(51)60)43-29-27-39-15-3-5-17-41(39)34-43)36-55-54-35-44(30-31-56(54)62-61(37)55)59-48-20-8-6-18-46(48)57(47-19-7-9-21-49(47)59)42-28-26-38-14-2-4-16-40(38)33-42/h2-36H,1H3. The van der Waals surface area contributed by atoms with Gasteiger partial charge in [0.1, 0.15) is 0 Å². The summed E-state index contributed by atoms with van der Waals surface area (Å²) in [6, 6.07) is 79.3. The molecule has 0 atom stereocenters. The minimum absolute atomic E-state index is 1.24. The number of benzene rings is 12. The Kier molecular flexibility index (Phi) is 7.79. The lowest BCUT2D eigenvalue weighted by molar-refractivity contribution is 1.56. The van der Waals surface area contributed by atoms with Crippen molar-refractivity contribution in [3.8, 4) is 44.5 Å². The molecule has 0 saturated heterocycles. The highest BCUT2D eigenvalue weighted by molar-refractivity contribution is 7.26. The van der Waals surface area contributed by atoms with Gasteiger partial charge in [0, 0.05) is 20.2 Å². The van der Waals surface area contributed by atoms with Gasteiger partial charge in [0.2, 0.25) is 0 Å². The zero-order valence-corrected chi connectivity index (χ0v) is 34.9. The summed E-state index contributed by atoms with van der Waals surface area (Å²) in [6.07, 6.45) is 0. The first kappa shape index (κ1) is 35.2. The smallest absolute Gasteiger partial charge is 0.0385 e. The summed E-state index contributed by atoms with van der Waals surface area (Å²) in [5.74, 6) is 0. The van der Waals surface area contributed by atoms with Crippen LogP contribution in [0.5, 0.6) is 0 Å². The molecule has 0 spiro atoms. The highest BCUT2D eigenvalue weighted by Crippen LogP contribution is 2.49. The second-order valence-electron chi connectivity index (χ2n) is 16.8. The minimum Gasteiger partial charge on any atom is -0.135 e. The molecule has 12 aromatic carbocycles. The van der Waals surface area contributed by atoms with Crippen LogP contribution in [0.3, 0.4) is 0 Å². The number of fused-ring (bicyclic) bond motifs is 9. The van der Waals surface area contributed by atoms with Crippen molar-refractivity contribution in [2.75, 3.05) is 0 Å². The maximum atomic E-state index is 2.48. The van der Waals surface area contributed by atoms with Crippen LogP contribution in [0.25, 0.3) is 129 Å². The van der Waals surface area contributed by atoms with Gasteiger partial charge >= 0.3 is 0 Å². The molecule has 0 aliphatic carbocycles. The number of hydrogen-bond acceptors (Lipinski definition) is 1. The topological polar surface area (TPSA) is 0 Å². The zero-order chi connectivity index (χ0) is 40.9. The molecule has 0 unspecified atom stereocenters. The predicted octanol–water partition coefficient (Wildman–Crippen LogP) is 18.0. The van der Waals surface area contributed by atoms with Gasteiger partial charge in [-0.2, -0.15) is 0 Å². The second kappa shape index (κ2) is 13.7. The van der Waals surface area contributed by atoms with Crippen molar-refractivity contribution in [3.63, 3.8) is 0 Å². The fourth-order valence-electron chi connectivity index (χ4n) is 10.5. The predicted molar refractivity (Wildman–Crippen MR) is 271 cm³/mol. The van der Waals surface area contributed by atoms with Crippen molar-refractivity contribution in [1.29, 1.82) is 0 Å². The maximum Gasteiger partial charge on any atom is 0.0385 e. The van der Waals surface area contributed by atoms with Crippen LogP contribution in [0.15, 0.2) is 212 Å². The molecule has 1 heteroatoms. The normalized spacial score (nSPS) is 12.0. The Hall–Kier alpha value is -7.58. The Balaban J connectivity index is 1.04. The van der Waals surface area contributed by atoms with Gasteiger partial charge in [0.05, 0.1) is 0 Å². The van der Waals surface area contributed by atoms with E-state index in [1.165, 1.54) is 135 Å². The average molecular weight is 803 g/mol. The lowest BCUT2D eigenvalue weighted by atomic mass is 9.84. The van der Waals surface area contributed by atoms with Crippen molar-refractivity contribution >= 4 is 96.1 Å². The van der Waals surface area contributed by atoms with Gasteiger partial charge in [-0.1, -0.05) is 176 Å². The van der Waals surface area contributed by atoms with Gasteiger partial charge in [-0.3, -0.25) is 0 Å². The Bertz CT molecular complexity index is 3880. The molecule has 1 aromatic heterocycles. The van der Waals surface area contributed by atoms with Crippen molar-refractivity contribution in [3.05, 3.63) is 218 Å². The molecular formula is C61H38S. The van der Waals surface area contributed by atoms with Gasteiger partial charge < -0.3 is 0 Å². The summed E-state index contributed by atoms with van der Waals surface area (Å²) in [5, 5.41) is 17.9. The third kappa shape index (κ3) is 5.32. The van der Waals surface area contributed by atoms with Crippen LogP contribution in [0.4, 0.5) is 0 Å². The summed E-state index contributed by atoms with van der Waals surface area (Å²) in [6.45, 7) is 2.29. The number of thiophene rings is 1. The van der Waals surface area contributed by atoms with Gasteiger partial charge in [-0.15, -0.1) is 11.3 Å². The van der Waals surface area contributed by atoms with E-state index in [1.807, 2.05) is 11.3 Å². The zero-order valence-electron chi connectivity index (χ0n) is 34.1. The van der Waals surface area contributed by atoms with Crippen LogP contribution < -0.4 is 0 Å². The first-order valence-electron chi connectivity index (χ1n) is 21.5. The molecular weight excluding hydrogens is 765 g/mol. The molecule has 0 aliphatic heterocycles. The summed E-state index contributed by atoms with van der Waals surface area (Å²) >= 11 is 1.91. The molecule has 62 heavy (non-hydrogen) atoms. The first-order valence-corrected chi connectivity index (χ1v) is 22.3. The Morgan fingerprint density at radius 1 is 0.258 bits per heavy atom. The van der Waals surface area contributed by atoms with E-state index in [9.17, 15) is 0 Å². The molecule has 0 aliphatic rings. The molecule has 0 bridgehead atoms. The largest absolute Gasteiger partial charge is 0.135 e. The minimum atomic E-state index is 1.24. The quantitative estimate of drug-likeness (QED) is 0.156. The van der Waals surface area contributed by atoms with E-state index in [0.717, 1.165) is 0 Å². The molecule has 13 rings (SSSR count). The number of hydrogen-bond donors (Lipinski definition) is 0. The SMILES string of the molecule is Cc1cc(-c2c3ccccc3c(-c3ccc4ccccc4c3)c3ccccc23)cc2c1sc1ccc(-c3c4ccccc4c(-c4ccc5ccccc5c4)c4ccccc34)cc12. The molecule has 288 valence electrons. The van der Waals surface area contributed by atoms with E-state index < -0.39 is 0 Å². The van der Waals surface area contributed by atoms with Gasteiger partial charge in [0.15, 0.2) is 0 Å². The summed E-state index contributed by atoms with van der Waals surface area (Å²) < 4.78 is 2.66. The monoisotopic (exact) mass is 802 g/mol. The van der Waals surface area contributed by atoms with Gasteiger partial charge in [-0.05, 0) is 158 Å². The van der Waals surface area contributed by atoms with Crippen LogP contribution in [-0.2, 0) is 0 Å². The van der Waals surface area contributed by atoms with Crippen molar-refractivity contribution in [1.82, 2.24) is 0 Å². The molecule has 1 heterocycles. The summed E-state index contributed by atoms with van der Waals surface area (Å²) in [4.78, 5) is 0. The fourth-order valence-corrected chi connectivity index (χ4v) is 11.7. The van der Waals surface area contributed by atoms with E-state index >= 15 is 0 Å². The summed E-state index contributed by atoms with van der Waals surface area (Å²) in [7, 11) is 0. The van der Waals surface area contributed by atoms with Crippen LogP contribution in [0.1, 0.15) is 5.56 Å². The van der Waals surface area contributed by atoms with E-state index in [0.29, 0.717) is 0 Å². The van der Waals surface area contributed by atoms with Gasteiger partial charge in [0.25, 0.3) is 0 Å². The van der Waals surface area contributed by atoms with Crippen molar-refractivity contribution in [2.24, 2.45) is 0 Å². The Morgan fingerprint density at radius 2 is 0.597 bits per heavy atom. The fraction of sp³-hybridized carbons (Fsp3) is 0.0164. The van der Waals surface area contributed by atoms with Crippen LogP contribution in [0.2, 0.25) is 0 Å². The maximum absolute atomic E-state index is 2.48. The van der Waals surface area contributed by atoms with Crippen LogP contribution in [-0.4, -0.2) is 0 Å². The van der Waals surface area contributed by atoms with Gasteiger partial charge in [-0.25, -0.2) is 0 Å². The molecule has 0 saturated carbocycles. The van der Waals surface area contributed by atoms with E-state index in [2.05, 4.69) is 219 Å². The molecule has 0 fully saturated rings. The molecule has 0 radical (unpaired) electrons. The van der Waals surface area contributed by atoms with E-state index in [4.69, 9.17) is 0 Å². The van der Waals surface area contributed by atoms with Crippen LogP contribution >= 0.6 is 11.3 Å². The first-order chi connectivity index (χ1) is 30.7. The lowest BCUT2D eigenvalue weighted by Gasteiger charge is -2.19.